The number of benzene rings is 6. The van der Waals surface area contributed by atoms with Gasteiger partial charge in [-0.2, -0.15) is 0 Å². The van der Waals surface area contributed by atoms with Crippen LogP contribution in [0.2, 0.25) is 0 Å². The Morgan fingerprint density at radius 1 is 0.183 bits per heavy atom. The maximum Gasteiger partial charge on any atom is -0.000719 e. The van der Waals surface area contributed by atoms with Crippen LogP contribution in [0, 0.1) is 0 Å². The second-order valence-corrected chi connectivity index (χ2v) is 20.3. The van der Waals surface area contributed by atoms with E-state index in [2.05, 4.69) is 208 Å². The minimum absolute atomic E-state index is 0.324. The molecule has 0 heteroatoms. The summed E-state index contributed by atoms with van der Waals surface area (Å²) in [5.74, 6) is 2.66. The average molecular weight is 793 g/mol. The standard InChI is InChI=1S/C60H72/c1-33(2)41-25-19-26-42(34(3)4)51(41)57-55-49-23-17-18-24-50(49)56(55)58(52-43(35(5)6)27-20-28-44(52)36(7)8)60(54-47(39(13)14)31-22-32-48(54)40(15)16)59(57)53-45(37(9)10)29-21-30-46(53)38(11)12/h17-40H,1-16H3. The molecule has 0 radical (unpaired) electrons. The first kappa shape index (κ1) is 43.4. The van der Waals surface area contributed by atoms with Gasteiger partial charge in [0.05, 0.1) is 0 Å². The second-order valence-electron chi connectivity index (χ2n) is 20.3. The van der Waals surface area contributed by atoms with E-state index in [-0.39, 0.29) is 0 Å². The summed E-state index contributed by atoms with van der Waals surface area (Å²) in [4.78, 5) is 0. The van der Waals surface area contributed by atoms with Crippen molar-refractivity contribution < 1.29 is 0 Å². The predicted octanol–water partition coefficient (Wildman–Crippen LogP) is 19.0. The molecule has 0 atom stereocenters. The molecule has 0 aromatic heterocycles. The third-order valence-corrected chi connectivity index (χ3v) is 13.5. The molecule has 0 unspecified atom stereocenters. The third kappa shape index (κ3) is 7.21. The number of rotatable bonds is 12. The molecule has 0 aliphatic heterocycles. The minimum atomic E-state index is 0.324. The fraction of sp³-hybridized carbons (Fsp3) is 0.400. The highest BCUT2D eigenvalue weighted by molar-refractivity contribution is 6.23. The van der Waals surface area contributed by atoms with Gasteiger partial charge in [-0.1, -0.05) is 208 Å². The van der Waals surface area contributed by atoms with Gasteiger partial charge >= 0.3 is 0 Å². The van der Waals surface area contributed by atoms with Crippen LogP contribution in [-0.4, -0.2) is 0 Å². The van der Waals surface area contributed by atoms with E-state index in [0.29, 0.717) is 47.3 Å². The summed E-state index contributed by atoms with van der Waals surface area (Å²) in [6.07, 6.45) is 0. The molecule has 1 aliphatic carbocycles. The molecule has 0 nitrogen and oxygen atoms in total. The second kappa shape index (κ2) is 17.0. The van der Waals surface area contributed by atoms with Gasteiger partial charge in [-0.05, 0) is 159 Å². The molecular weight excluding hydrogens is 721 g/mol. The number of hydrogen-bond acceptors (Lipinski definition) is 0. The number of hydrogen-bond donors (Lipinski definition) is 0. The van der Waals surface area contributed by atoms with E-state index in [1.165, 1.54) is 111 Å². The van der Waals surface area contributed by atoms with Gasteiger partial charge in [0.25, 0.3) is 0 Å². The van der Waals surface area contributed by atoms with Gasteiger partial charge in [-0.3, -0.25) is 0 Å². The molecule has 6 aromatic carbocycles. The Labute approximate surface area is 364 Å². The molecule has 0 fully saturated rings. The fourth-order valence-corrected chi connectivity index (χ4v) is 10.5. The van der Waals surface area contributed by atoms with Crippen molar-refractivity contribution in [2.45, 2.75) is 158 Å². The fourth-order valence-electron chi connectivity index (χ4n) is 10.5. The highest BCUT2D eigenvalue weighted by Crippen LogP contribution is 2.66. The van der Waals surface area contributed by atoms with Gasteiger partial charge in [0.1, 0.15) is 0 Å². The van der Waals surface area contributed by atoms with Crippen LogP contribution in [0.1, 0.15) is 203 Å². The first-order chi connectivity index (χ1) is 28.5. The van der Waals surface area contributed by atoms with Crippen molar-refractivity contribution in [3.05, 3.63) is 142 Å². The molecule has 60 heavy (non-hydrogen) atoms. The lowest BCUT2D eigenvalue weighted by molar-refractivity contribution is 0.832. The molecule has 312 valence electrons. The van der Waals surface area contributed by atoms with E-state index >= 15 is 0 Å². The maximum absolute atomic E-state index is 2.45. The highest BCUT2D eigenvalue weighted by Gasteiger charge is 2.40. The first-order valence-corrected chi connectivity index (χ1v) is 23.4. The van der Waals surface area contributed by atoms with Crippen LogP contribution >= 0.6 is 0 Å². The van der Waals surface area contributed by atoms with E-state index < -0.39 is 0 Å². The van der Waals surface area contributed by atoms with Gasteiger partial charge in [-0.25, -0.2) is 0 Å². The predicted molar refractivity (Wildman–Crippen MR) is 265 cm³/mol. The van der Waals surface area contributed by atoms with E-state index in [0.717, 1.165) is 0 Å². The van der Waals surface area contributed by atoms with E-state index in [9.17, 15) is 0 Å². The molecule has 0 saturated carbocycles. The smallest absolute Gasteiger partial charge is 0.000719 e. The lowest BCUT2D eigenvalue weighted by Gasteiger charge is -2.39. The van der Waals surface area contributed by atoms with E-state index in [1.807, 2.05) is 0 Å². The Balaban J connectivity index is 1.99. The zero-order chi connectivity index (χ0) is 43.5. The minimum Gasteiger partial charge on any atom is -0.0617 e. The summed E-state index contributed by atoms with van der Waals surface area (Å²) in [6, 6.07) is 38.2. The van der Waals surface area contributed by atoms with Crippen molar-refractivity contribution in [2.24, 2.45) is 0 Å². The Kier molecular flexibility index (Phi) is 12.3. The van der Waals surface area contributed by atoms with Crippen LogP contribution in [0.4, 0.5) is 0 Å². The normalized spacial score (nSPS) is 12.5. The largest absolute Gasteiger partial charge is 0.0617 e. The summed E-state index contributed by atoms with van der Waals surface area (Å²) < 4.78 is 0. The monoisotopic (exact) mass is 793 g/mol. The van der Waals surface area contributed by atoms with Crippen molar-refractivity contribution in [1.29, 1.82) is 0 Å². The van der Waals surface area contributed by atoms with Crippen molar-refractivity contribution in [2.75, 3.05) is 0 Å². The van der Waals surface area contributed by atoms with E-state index in [1.54, 1.807) is 0 Å². The molecule has 6 aromatic rings. The first-order valence-electron chi connectivity index (χ1n) is 23.4. The Bertz CT molecular complexity index is 2260. The zero-order valence-corrected chi connectivity index (χ0v) is 39.9. The zero-order valence-electron chi connectivity index (χ0n) is 39.9. The van der Waals surface area contributed by atoms with Crippen LogP contribution in [0.3, 0.4) is 0 Å². The average Bonchev–Trinajstić information content (AvgIpc) is 3.20. The molecular formula is C60H72. The van der Waals surface area contributed by atoms with Crippen LogP contribution in [0.15, 0.2) is 97.1 Å². The molecule has 0 amide bonds. The number of fused-ring (bicyclic) bond motifs is 4. The Hall–Kier alpha value is -4.68. The van der Waals surface area contributed by atoms with Gasteiger partial charge < -0.3 is 0 Å². The van der Waals surface area contributed by atoms with Gasteiger partial charge in [0.15, 0.2) is 0 Å². The molecule has 0 heterocycles. The van der Waals surface area contributed by atoms with Crippen LogP contribution < -0.4 is 0 Å². The summed E-state index contributed by atoms with van der Waals surface area (Å²) in [5.41, 5.74) is 28.6. The van der Waals surface area contributed by atoms with Crippen LogP contribution in [-0.2, 0) is 0 Å². The van der Waals surface area contributed by atoms with Crippen LogP contribution in [0.25, 0.3) is 66.8 Å². The quantitative estimate of drug-likeness (QED) is 0.116. The third-order valence-electron chi connectivity index (χ3n) is 13.5. The van der Waals surface area contributed by atoms with Crippen molar-refractivity contribution in [3.8, 4) is 66.8 Å². The molecule has 0 N–H and O–H groups in total. The summed E-state index contributed by atoms with van der Waals surface area (Å²) >= 11 is 0. The summed E-state index contributed by atoms with van der Waals surface area (Å²) in [5, 5.41) is 0. The molecule has 0 saturated heterocycles. The molecule has 0 spiro atoms. The van der Waals surface area contributed by atoms with Gasteiger partial charge in [0.2, 0.25) is 0 Å². The summed E-state index contributed by atoms with van der Waals surface area (Å²) in [6.45, 7) is 38.5. The maximum atomic E-state index is 2.45. The van der Waals surface area contributed by atoms with Gasteiger partial charge in [0, 0.05) is 0 Å². The highest BCUT2D eigenvalue weighted by atomic mass is 14.4. The van der Waals surface area contributed by atoms with E-state index in [4.69, 9.17) is 0 Å². The van der Waals surface area contributed by atoms with Crippen molar-refractivity contribution in [1.82, 2.24) is 0 Å². The van der Waals surface area contributed by atoms with Crippen molar-refractivity contribution >= 4 is 0 Å². The van der Waals surface area contributed by atoms with Crippen LogP contribution in [0.5, 0.6) is 0 Å². The molecule has 1 aliphatic rings. The van der Waals surface area contributed by atoms with Gasteiger partial charge in [-0.15, -0.1) is 0 Å². The Morgan fingerprint density at radius 2 is 0.350 bits per heavy atom. The lowest BCUT2D eigenvalue weighted by Crippen LogP contribution is -2.15. The molecule has 7 rings (SSSR count). The van der Waals surface area contributed by atoms with Crippen molar-refractivity contribution in [3.63, 3.8) is 0 Å². The Morgan fingerprint density at radius 3 is 0.517 bits per heavy atom. The SMILES string of the molecule is CC(C)c1cccc(C(C)C)c1-c1c2c(c(-c3c(C(C)C)cccc3C(C)C)c(-c3c(C(C)C)cccc3C(C)C)c1-c1c(C(C)C)cccc1C(C)C)-c1ccccc1-2. The lowest BCUT2D eigenvalue weighted by atomic mass is 9.63. The topological polar surface area (TPSA) is 0 Å². The summed E-state index contributed by atoms with van der Waals surface area (Å²) in [7, 11) is 0. The molecule has 0 bridgehead atoms.